The zero-order valence-electron chi connectivity index (χ0n) is 17.2. The van der Waals surface area contributed by atoms with Gasteiger partial charge in [0.05, 0.1) is 0 Å². The molecule has 0 N–H and O–H groups in total. The number of Topliss-reactive ketones (excluding diaryl/α,β-unsaturated/α-hetero) is 3. The first kappa shape index (κ1) is 22.1. The standard InChI is InChI=1S/C22H38O3/c1-21(2,3)17-14-16(23)12-10-8-7-9-11-13-19(24)18(15-20(17)25)22(4,5)6/h17-18H,7-15H2,1-6H3. The first-order valence-electron chi connectivity index (χ1n) is 10.00. The SMILES string of the molecule is CC(C)(C)C1CC(=O)CCCCCCCC(=O)C(C(C)(C)C)CC1=O. The Bertz CT molecular complexity index is 476. The number of carbonyl (C=O) groups excluding carboxylic acids is 3. The highest BCUT2D eigenvalue weighted by molar-refractivity contribution is 5.92. The molecule has 0 heterocycles. The molecule has 0 aliphatic heterocycles. The smallest absolute Gasteiger partial charge is 0.137 e. The maximum Gasteiger partial charge on any atom is 0.137 e. The van der Waals surface area contributed by atoms with Gasteiger partial charge < -0.3 is 0 Å². The summed E-state index contributed by atoms with van der Waals surface area (Å²) >= 11 is 0. The highest BCUT2D eigenvalue weighted by Crippen LogP contribution is 2.37. The van der Waals surface area contributed by atoms with Crippen LogP contribution in [0.4, 0.5) is 0 Å². The van der Waals surface area contributed by atoms with Gasteiger partial charge in [0.15, 0.2) is 0 Å². The van der Waals surface area contributed by atoms with Gasteiger partial charge in [-0.3, -0.25) is 14.4 Å². The molecule has 0 aromatic heterocycles. The number of ketones is 3. The van der Waals surface area contributed by atoms with Crippen molar-refractivity contribution in [2.24, 2.45) is 22.7 Å². The van der Waals surface area contributed by atoms with Gasteiger partial charge in [0.1, 0.15) is 17.3 Å². The minimum absolute atomic E-state index is 0.0891. The molecule has 0 aromatic rings. The van der Waals surface area contributed by atoms with Gasteiger partial charge in [-0.15, -0.1) is 0 Å². The summed E-state index contributed by atoms with van der Waals surface area (Å²) in [5.74, 6) is -0.0319. The Morgan fingerprint density at radius 2 is 1.04 bits per heavy atom. The van der Waals surface area contributed by atoms with E-state index in [1.807, 2.05) is 41.5 Å². The predicted molar refractivity (Wildman–Crippen MR) is 102 cm³/mol. The molecule has 2 unspecified atom stereocenters. The molecule has 0 bridgehead atoms. The van der Waals surface area contributed by atoms with Gasteiger partial charge >= 0.3 is 0 Å². The monoisotopic (exact) mass is 350 g/mol. The third-order valence-corrected chi connectivity index (χ3v) is 5.58. The molecule has 1 fully saturated rings. The Labute approximate surface area is 154 Å². The van der Waals surface area contributed by atoms with Gasteiger partial charge in [0.25, 0.3) is 0 Å². The summed E-state index contributed by atoms with van der Waals surface area (Å²) in [6.45, 7) is 12.2. The normalized spacial score (nSPS) is 26.4. The van der Waals surface area contributed by atoms with Gasteiger partial charge in [-0.1, -0.05) is 60.8 Å². The minimum atomic E-state index is -0.291. The Hall–Kier alpha value is -0.990. The lowest BCUT2D eigenvalue weighted by molar-refractivity contribution is -0.136. The van der Waals surface area contributed by atoms with Gasteiger partial charge in [0, 0.05) is 37.5 Å². The van der Waals surface area contributed by atoms with Crippen LogP contribution in [-0.2, 0) is 14.4 Å². The van der Waals surface area contributed by atoms with E-state index in [1.54, 1.807) is 0 Å². The van der Waals surface area contributed by atoms with E-state index in [9.17, 15) is 14.4 Å². The molecule has 1 aliphatic carbocycles. The molecule has 1 aliphatic rings. The molecule has 144 valence electrons. The van der Waals surface area contributed by atoms with Crippen molar-refractivity contribution in [2.45, 2.75) is 99.3 Å². The molecular weight excluding hydrogens is 312 g/mol. The zero-order valence-corrected chi connectivity index (χ0v) is 17.2. The molecule has 1 saturated carbocycles. The van der Waals surface area contributed by atoms with Crippen LogP contribution in [0.15, 0.2) is 0 Å². The summed E-state index contributed by atoms with van der Waals surface area (Å²) in [7, 11) is 0. The molecule has 3 heteroatoms. The molecule has 25 heavy (non-hydrogen) atoms. The van der Waals surface area contributed by atoms with Crippen LogP contribution in [0.1, 0.15) is 99.3 Å². The number of carbonyl (C=O) groups is 3. The average molecular weight is 351 g/mol. The molecular formula is C22H38O3. The van der Waals surface area contributed by atoms with Crippen LogP contribution in [0.3, 0.4) is 0 Å². The second-order valence-electron chi connectivity index (χ2n) is 9.98. The van der Waals surface area contributed by atoms with Crippen LogP contribution in [-0.4, -0.2) is 17.3 Å². The molecule has 3 nitrogen and oxygen atoms in total. The Morgan fingerprint density at radius 3 is 1.56 bits per heavy atom. The van der Waals surface area contributed by atoms with E-state index in [0.29, 0.717) is 19.3 Å². The third-order valence-electron chi connectivity index (χ3n) is 5.58. The molecule has 1 rings (SSSR count). The van der Waals surface area contributed by atoms with Crippen molar-refractivity contribution in [3.05, 3.63) is 0 Å². The highest BCUT2D eigenvalue weighted by Gasteiger charge is 2.38. The molecule has 0 saturated heterocycles. The summed E-state index contributed by atoms with van der Waals surface area (Å²) in [6.07, 6.45) is 6.73. The Morgan fingerprint density at radius 1 is 0.600 bits per heavy atom. The third kappa shape index (κ3) is 7.42. The van der Waals surface area contributed by atoms with Crippen molar-refractivity contribution in [2.75, 3.05) is 0 Å². The van der Waals surface area contributed by atoms with Crippen molar-refractivity contribution < 1.29 is 14.4 Å². The summed E-state index contributed by atoms with van der Waals surface area (Å²) in [5.41, 5.74) is -0.481. The van der Waals surface area contributed by atoms with Crippen LogP contribution in [0, 0.1) is 22.7 Å². The van der Waals surface area contributed by atoms with Crippen LogP contribution in [0.5, 0.6) is 0 Å². The lowest BCUT2D eigenvalue weighted by Gasteiger charge is -2.34. The fourth-order valence-electron chi connectivity index (χ4n) is 3.81. The first-order chi connectivity index (χ1) is 11.4. The van der Waals surface area contributed by atoms with Gasteiger partial charge in [-0.2, -0.15) is 0 Å². The van der Waals surface area contributed by atoms with E-state index in [1.165, 1.54) is 0 Å². The Balaban J connectivity index is 3.07. The highest BCUT2D eigenvalue weighted by atomic mass is 16.1. The summed E-state index contributed by atoms with van der Waals surface area (Å²) in [4.78, 5) is 38.2. The van der Waals surface area contributed by atoms with Crippen molar-refractivity contribution in [3.63, 3.8) is 0 Å². The predicted octanol–water partition coefficient (Wildman–Crippen LogP) is 5.54. The topological polar surface area (TPSA) is 51.2 Å². The Kier molecular flexibility index (Phi) is 8.02. The molecule has 0 aromatic carbocycles. The lowest BCUT2D eigenvalue weighted by Crippen LogP contribution is -2.37. The summed E-state index contributed by atoms with van der Waals surface area (Å²) < 4.78 is 0. The van der Waals surface area contributed by atoms with E-state index >= 15 is 0 Å². The molecule has 0 radical (unpaired) electrons. The number of hydrogen-bond donors (Lipinski definition) is 0. The largest absolute Gasteiger partial charge is 0.300 e. The number of hydrogen-bond acceptors (Lipinski definition) is 3. The van der Waals surface area contributed by atoms with Crippen LogP contribution < -0.4 is 0 Å². The fourth-order valence-corrected chi connectivity index (χ4v) is 3.81. The van der Waals surface area contributed by atoms with E-state index in [2.05, 4.69) is 0 Å². The van der Waals surface area contributed by atoms with E-state index < -0.39 is 0 Å². The van der Waals surface area contributed by atoms with Gasteiger partial charge in [-0.05, 0) is 23.7 Å². The van der Waals surface area contributed by atoms with Crippen molar-refractivity contribution in [1.82, 2.24) is 0 Å². The van der Waals surface area contributed by atoms with Crippen molar-refractivity contribution in [3.8, 4) is 0 Å². The van der Waals surface area contributed by atoms with E-state index in [-0.39, 0.29) is 46.4 Å². The van der Waals surface area contributed by atoms with E-state index in [0.717, 1.165) is 32.1 Å². The van der Waals surface area contributed by atoms with Crippen molar-refractivity contribution >= 4 is 17.3 Å². The molecule has 0 spiro atoms. The number of rotatable bonds is 0. The minimum Gasteiger partial charge on any atom is -0.300 e. The van der Waals surface area contributed by atoms with Crippen molar-refractivity contribution in [1.29, 1.82) is 0 Å². The van der Waals surface area contributed by atoms with Crippen LogP contribution in [0.2, 0.25) is 0 Å². The maximum atomic E-state index is 13.1. The average Bonchev–Trinajstić information content (AvgIpc) is 2.45. The fraction of sp³-hybridized carbons (Fsp3) is 0.864. The lowest BCUT2D eigenvalue weighted by atomic mass is 9.68. The molecule has 0 amide bonds. The van der Waals surface area contributed by atoms with Crippen LogP contribution >= 0.6 is 0 Å². The maximum absolute atomic E-state index is 13.1. The summed E-state index contributed by atoms with van der Waals surface area (Å²) in [5, 5.41) is 0. The van der Waals surface area contributed by atoms with E-state index in [4.69, 9.17) is 0 Å². The summed E-state index contributed by atoms with van der Waals surface area (Å²) in [6, 6.07) is 0. The van der Waals surface area contributed by atoms with Crippen LogP contribution in [0.25, 0.3) is 0 Å². The second-order valence-corrected chi connectivity index (χ2v) is 9.98. The zero-order chi connectivity index (χ0) is 19.3. The quantitative estimate of drug-likeness (QED) is 0.576. The van der Waals surface area contributed by atoms with Gasteiger partial charge in [-0.25, -0.2) is 0 Å². The molecule has 2 atom stereocenters. The second kappa shape index (κ2) is 9.09. The first-order valence-corrected chi connectivity index (χ1v) is 10.00. The van der Waals surface area contributed by atoms with Gasteiger partial charge in [0.2, 0.25) is 0 Å².